The monoisotopic (exact) mass is 658 g/mol. The first kappa shape index (κ1) is 31.8. The molecule has 1 aromatic heterocycles. The fraction of sp³-hybridized carbons (Fsp3) is 0.583. The van der Waals surface area contributed by atoms with Gasteiger partial charge in [0.1, 0.15) is 11.4 Å². The number of fused-ring (bicyclic) bond motifs is 5. The van der Waals surface area contributed by atoms with Gasteiger partial charge in [0, 0.05) is 30.2 Å². The Morgan fingerprint density at radius 2 is 1.91 bits per heavy atom. The number of aryl methyl sites for hydroxylation is 2. The van der Waals surface area contributed by atoms with Crippen LogP contribution in [0.5, 0.6) is 5.75 Å². The van der Waals surface area contributed by atoms with E-state index >= 15 is 0 Å². The molecule has 1 aromatic carbocycles. The Morgan fingerprint density at radius 1 is 1.13 bits per heavy atom. The van der Waals surface area contributed by atoms with Crippen LogP contribution < -0.4 is 9.46 Å². The van der Waals surface area contributed by atoms with E-state index in [1.165, 1.54) is 0 Å². The number of ketones is 1. The van der Waals surface area contributed by atoms with Gasteiger partial charge in [0.15, 0.2) is 5.78 Å². The highest BCUT2D eigenvalue weighted by molar-refractivity contribution is 7.91. The number of aromatic nitrogens is 1. The standard InChI is InChI=1S/C36H42N4O6S/c1-23-31-26(25-12-9-10-13-27(25)38-23)15-16-35(46-31)20-29-30(41)21-36(33(43)39-47(44,45)34(2)17-18-34)19-24(36)11-7-5-4-6-8-14-28(37-3)32(42)40(29)22-35/h7,9-13,24,28-29H,4-6,8,14-22H2,1-2H3,(H,39,43)/b11-7-/t24-,28+,29+,35-,36-/m1/s1. The average molecular weight is 659 g/mol. The first-order chi connectivity index (χ1) is 22.4. The van der Waals surface area contributed by atoms with E-state index in [0.29, 0.717) is 44.3 Å². The molecule has 2 saturated carbocycles. The minimum absolute atomic E-state index is 0.162. The Labute approximate surface area is 276 Å². The quantitative estimate of drug-likeness (QED) is 0.364. The number of amides is 2. The molecule has 47 heavy (non-hydrogen) atoms. The van der Waals surface area contributed by atoms with Gasteiger partial charge in [0.2, 0.25) is 15.9 Å². The molecule has 2 amide bonds. The fourth-order valence-corrected chi connectivity index (χ4v) is 9.28. The zero-order valence-electron chi connectivity index (χ0n) is 27.1. The Morgan fingerprint density at radius 3 is 2.68 bits per heavy atom. The van der Waals surface area contributed by atoms with Gasteiger partial charge in [-0.15, -0.1) is 0 Å². The van der Waals surface area contributed by atoms with Crippen molar-refractivity contribution in [2.45, 2.75) is 113 Å². The highest BCUT2D eigenvalue weighted by Crippen LogP contribution is 2.58. The number of nitrogens with zero attached hydrogens (tertiary/aromatic N) is 3. The van der Waals surface area contributed by atoms with E-state index in [4.69, 9.17) is 16.3 Å². The molecule has 3 fully saturated rings. The summed E-state index contributed by atoms with van der Waals surface area (Å²) in [7, 11) is -3.90. The highest BCUT2D eigenvalue weighted by Gasteiger charge is 2.63. The summed E-state index contributed by atoms with van der Waals surface area (Å²) in [6.45, 7) is 11.6. The van der Waals surface area contributed by atoms with Crippen LogP contribution >= 0.6 is 0 Å². The molecule has 0 radical (unpaired) electrons. The topological polar surface area (TPSA) is 127 Å². The van der Waals surface area contributed by atoms with Crippen molar-refractivity contribution < 1.29 is 27.5 Å². The normalized spacial score (nSPS) is 32.5. The second kappa shape index (κ2) is 11.4. The van der Waals surface area contributed by atoms with E-state index in [1.807, 2.05) is 43.3 Å². The fourth-order valence-electron chi connectivity index (χ4n) is 7.95. The zero-order valence-corrected chi connectivity index (χ0v) is 27.9. The smallest absolute Gasteiger partial charge is 0.306 e. The number of sulfonamides is 1. The molecular weight excluding hydrogens is 616 g/mol. The molecule has 2 aliphatic carbocycles. The lowest BCUT2D eigenvalue weighted by Crippen LogP contribution is -2.48. The largest absolute Gasteiger partial charge is 0.483 e. The van der Waals surface area contributed by atoms with Crippen molar-refractivity contribution in [1.29, 1.82) is 0 Å². The number of benzene rings is 1. The van der Waals surface area contributed by atoms with Gasteiger partial charge < -0.3 is 14.5 Å². The van der Waals surface area contributed by atoms with Crippen LogP contribution in [-0.2, 0) is 30.8 Å². The summed E-state index contributed by atoms with van der Waals surface area (Å²) in [5, 5.41) is 1.02. The van der Waals surface area contributed by atoms with Crippen molar-refractivity contribution in [3.63, 3.8) is 0 Å². The Kier molecular flexibility index (Phi) is 7.73. The third kappa shape index (κ3) is 5.52. The van der Waals surface area contributed by atoms with Crippen molar-refractivity contribution >= 4 is 38.5 Å². The molecule has 10 nitrogen and oxygen atoms in total. The van der Waals surface area contributed by atoms with E-state index < -0.39 is 43.8 Å². The number of carbonyl (C=O) groups is 3. The summed E-state index contributed by atoms with van der Waals surface area (Å²) >= 11 is 0. The predicted molar refractivity (Wildman–Crippen MR) is 176 cm³/mol. The molecule has 0 unspecified atom stereocenters. The summed E-state index contributed by atoms with van der Waals surface area (Å²) in [5.74, 6) is -0.895. The van der Waals surface area contributed by atoms with Crippen molar-refractivity contribution in [2.75, 3.05) is 6.54 Å². The highest BCUT2D eigenvalue weighted by atomic mass is 32.2. The van der Waals surface area contributed by atoms with Crippen LogP contribution in [0.25, 0.3) is 15.7 Å². The van der Waals surface area contributed by atoms with Crippen molar-refractivity contribution in [3.05, 3.63) is 59.1 Å². The number of nitrogens with one attached hydrogen (secondary N) is 1. The summed E-state index contributed by atoms with van der Waals surface area (Å²) in [5.41, 5.74) is 0.649. The van der Waals surface area contributed by atoms with Crippen molar-refractivity contribution in [1.82, 2.24) is 14.6 Å². The van der Waals surface area contributed by atoms with Crippen LogP contribution in [0.2, 0.25) is 0 Å². The van der Waals surface area contributed by atoms with Gasteiger partial charge in [0.25, 0.3) is 0 Å². The molecule has 11 heteroatoms. The molecule has 4 heterocycles. The number of Topliss-reactive ketones (excluding diaryl/α,β-unsaturated/α-hetero) is 1. The van der Waals surface area contributed by atoms with Crippen molar-refractivity contribution in [2.24, 2.45) is 11.3 Å². The summed E-state index contributed by atoms with van der Waals surface area (Å²) in [6, 6.07) is 6.14. The number of pyridine rings is 1. The Balaban J connectivity index is 1.22. The molecule has 2 aromatic rings. The van der Waals surface area contributed by atoms with Gasteiger partial charge >= 0.3 is 11.9 Å². The number of hydrogen-bond donors (Lipinski definition) is 1. The number of hydrogen-bond acceptors (Lipinski definition) is 7. The van der Waals surface area contributed by atoms with E-state index in [-0.39, 0.29) is 37.0 Å². The van der Waals surface area contributed by atoms with Gasteiger partial charge in [-0.3, -0.25) is 19.1 Å². The zero-order chi connectivity index (χ0) is 33.2. The SMILES string of the molecule is [C-]#[N+][C@H]1CCCCC/C=C\[C@@H]2C[C@@]2(C(=O)NS(=O)(=O)C2(C)CC2)CC(=O)[C@@H]2C[C@]3(CCc4c(c(C)nc5ccccc45)O3)CN2C1=O. The molecule has 1 N–H and O–H groups in total. The minimum atomic E-state index is -3.90. The molecular formula is C36H42N4O6S. The molecule has 5 atom stereocenters. The van der Waals surface area contributed by atoms with Gasteiger partial charge in [-0.1, -0.05) is 36.8 Å². The summed E-state index contributed by atoms with van der Waals surface area (Å²) in [6.07, 6.45) is 10.3. The van der Waals surface area contributed by atoms with E-state index in [0.717, 1.165) is 47.8 Å². The van der Waals surface area contributed by atoms with E-state index in [1.54, 1.807) is 11.8 Å². The first-order valence-corrected chi connectivity index (χ1v) is 18.4. The molecule has 0 bridgehead atoms. The third-order valence-corrected chi connectivity index (χ3v) is 13.5. The van der Waals surface area contributed by atoms with Gasteiger partial charge in [-0.05, 0) is 77.2 Å². The van der Waals surface area contributed by atoms with Crippen LogP contribution in [0.15, 0.2) is 36.4 Å². The van der Waals surface area contributed by atoms with Crippen LogP contribution in [0, 0.1) is 24.8 Å². The van der Waals surface area contributed by atoms with E-state index in [2.05, 4.69) is 9.57 Å². The first-order valence-electron chi connectivity index (χ1n) is 16.9. The minimum Gasteiger partial charge on any atom is -0.483 e. The second-order valence-electron chi connectivity index (χ2n) is 14.7. The van der Waals surface area contributed by atoms with Crippen molar-refractivity contribution in [3.8, 4) is 5.75 Å². The van der Waals surface area contributed by atoms with Crippen LogP contribution in [0.4, 0.5) is 0 Å². The number of allylic oxidation sites excluding steroid dienone is 2. The lowest BCUT2D eigenvalue weighted by molar-refractivity contribution is -0.139. The van der Waals surface area contributed by atoms with Gasteiger partial charge in [-0.2, -0.15) is 0 Å². The molecule has 1 spiro atoms. The number of rotatable bonds is 3. The summed E-state index contributed by atoms with van der Waals surface area (Å²) in [4.78, 5) is 52.3. The Hall–Kier alpha value is -3.78. The molecule has 3 aliphatic heterocycles. The van der Waals surface area contributed by atoms with E-state index in [9.17, 15) is 22.8 Å². The second-order valence-corrected chi connectivity index (χ2v) is 16.9. The average Bonchev–Trinajstić information content (AvgIpc) is 3.93. The lowest BCUT2D eigenvalue weighted by Gasteiger charge is -2.36. The lowest BCUT2D eigenvalue weighted by atomic mass is 9.85. The summed E-state index contributed by atoms with van der Waals surface area (Å²) < 4.78 is 34.3. The maximum atomic E-state index is 14.4. The number of carbonyl (C=O) groups excluding carboxylic acids is 3. The van der Waals surface area contributed by atoms with Crippen LogP contribution in [0.1, 0.15) is 88.8 Å². The Bertz CT molecular complexity index is 1840. The maximum absolute atomic E-state index is 14.4. The molecule has 1 saturated heterocycles. The van der Waals surface area contributed by atoms with Crippen LogP contribution in [-0.4, -0.2) is 64.9 Å². The van der Waals surface area contributed by atoms with Crippen LogP contribution in [0.3, 0.4) is 0 Å². The number of para-hydroxylation sites is 1. The van der Waals surface area contributed by atoms with Gasteiger partial charge in [-0.25, -0.2) is 20.0 Å². The predicted octanol–water partition coefficient (Wildman–Crippen LogP) is 4.98. The van der Waals surface area contributed by atoms with Gasteiger partial charge in [0.05, 0.1) is 34.0 Å². The third-order valence-electron chi connectivity index (χ3n) is 11.4. The molecule has 7 rings (SSSR count). The molecule has 5 aliphatic rings. The maximum Gasteiger partial charge on any atom is 0.306 e. The molecule has 248 valence electrons. The number of ether oxygens (including phenoxy) is 1.